The Balaban J connectivity index is 1.89. The number of pyridine rings is 1. The van der Waals surface area contributed by atoms with Crippen LogP contribution >= 0.6 is 11.8 Å². The smallest absolute Gasteiger partial charge is 0.230 e. The number of amidine groups is 1. The quantitative estimate of drug-likeness (QED) is 0.336. The average molecular weight is 372 g/mol. The molecule has 1 saturated carbocycles. The van der Waals surface area contributed by atoms with Crippen LogP contribution in [0.25, 0.3) is 0 Å². The number of benzene rings is 1. The number of hydrogen-bond acceptors (Lipinski definition) is 5. The lowest BCUT2D eigenvalue weighted by molar-refractivity contribution is 0.233. The summed E-state index contributed by atoms with van der Waals surface area (Å²) in [6.07, 6.45) is 7.78. The fourth-order valence-electron chi connectivity index (χ4n) is 3.10. The van der Waals surface area contributed by atoms with Crippen LogP contribution in [0.3, 0.4) is 0 Å². The molecule has 1 aromatic carbocycles. The van der Waals surface area contributed by atoms with E-state index in [1.54, 1.807) is 11.8 Å². The molecular weight excluding hydrogens is 346 g/mol. The molecule has 0 saturated heterocycles. The maximum absolute atomic E-state index is 9.67. The Kier molecular flexibility index (Phi) is 6.52. The van der Waals surface area contributed by atoms with E-state index in [2.05, 4.69) is 10.5 Å². The zero-order valence-electron chi connectivity index (χ0n) is 15.2. The summed E-state index contributed by atoms with van der Waals surface area (Å²) < 4.78 is 6.01. The molecule has 3 rings (SSSR count). The van der Waals surface area contributed by atoms with Crippen LogP contribution in [-0.4, -0.2) is 28.3 Å². The Morgan fingerprint density at radius 1 is 1.15 bits per heavy atom. The van der Waals surface area contributed by atoms with Gasteiger partial charge in [0.15, 0.2) is 5.84 Å². The van der Waals surface area contributed by atoms with Crippen LogP contribution in [0, 0.1) is 6.92 Å². The maximum atomic E-state index is 9.67. The van der Waals surface area contributed by atoms with Gasteiger partial charge in [0.25, 0.3) is 0 Å². The molecule has 1 aliphatic carbocycles. The van der Waals surface area contributed by atoms with E-state index in [4.69, 9.17) is 9.73 Å². The van der Waals surface area contributed by atoms with Crippen molar-refractivity contribution >= 4 is 17.6 Å². The first-order chi connectivity index (χ1) is 12.7. The fraction of sp³-hybridized carbons (Fsp3) is 0.400. The van der Waals surface area contributed by atoms with Crippen molar-refractivity contribution < 1.29 is 9.94 Å². The summed E-state index contributed by atoms with van der Waals surface area (Å²) in [5.74, 6) is 1.57. The predicted molar refractivity (Wildman–Crippen MR) is 106 cm³/mol. The molecule has 1 heterocycles. The van der Waals surface area contributed by atoms with Crippen LogP contribution in [0.2, 0.25) is 0 Å². The van der Waals surface area contributed by atoms with Crippen LogP contribution < -0.4 is 10.2 Å². The van der Waals surface area contributed by atoms with Gasteiger partial charge in [-0.2, -0.15) is 0 Å². The van der Waals surface area contributed by atoms with Gasteiger partial charge in [-0.3, -0.25) is 15.7 Å². The number of thioether (sulfide) groups is 1. The zero-order valence-corrected chi connectivity index (χ0v) is 16.1. The van der Waals surface area contributed by atoms with Crippen molar-refractivity contribution in [3.8, 4) is 11.6 Å². The minimum atomic E-state index is 0.230. The number of aliphatic imine (C=N–C) groups is 1. The number of aromatic nitrogens is 1. The third kappa shape index (κ3) is 4.77. The summed E-state index contributed by atoms with van der Waals surface area (Å²) in [6.45, 7) is 1.91. The van der Waals surface area contributed by atoms with Crippen LogP contribution in [0.5, 0.6) is 11.6 Å². The van der Waals surface area contributed by atoms with E-state index in [9.17, 15) is 5.21 Å². The molecule has 1 aliphatic rings. The van der Waals surface area contributed by atoms with E-state index in [0.717, 1.165) is 18.5 Å². The largest absolute Gasteiger partial charge is 0.438 e. The van der Waals surface area contributed by atoms with Crippen molar-refractivity contribution in [2.45, 2.75) is 50.0 Å². The highest BCUT2D eigenvalue weighted by Crippen LogP contribution is 2.27. The zero-order chi connectivity index (χ0) is 18.4. The van der Waals surface area contributed by atoms with E-state index in [0.29, 0.717) is 23.0 Å². The molecule has 2 aromatic rings. The number of hydroxylamine groups is 1. The third-order valence-corrected chi connectivity index (χ3v) is 5.26. The van der Waals surface area contributed by atoms with E-state index < -0.39 is 0 Å². The molecular formula is C20H25N3O2S. The van der Waals surface area contributed by atoms with Gasteiger partial charge in [0.1, 0.15) is 5.75 Å². The van der Waals surface area contributed by atoms with Gasteiger partial charge in [-0.15, -0.1) is 11.8 Å². The summed E-state index contributed by atoms with van der Waals surface area (Å²) in [7, 11) is 0. The van der Waals surface area contributed by atoms with Gasteiger partial charge in [-0.05, 0) is 62.4 Å². The lowest BCUT2D eigenvalue weighted by Crippen LogP contribution is -2.25. The number of rotatable bonds is 5. The van der Waals surface area contributed by atoms with Gasteiger partial charge in [-0.1, -0.05) is 19.3 Å². The molecule has 0 aliphatic heterocycles. The molecule has 0 radical (unpaired) electrons. The topological polar surface area (TPSA) is 66.7 Å². The second-order valence-electron chi connectivity index (χ2n) is 6.46. The van der Waals surface area contributed by atoms with E-state index in [1.165, 1.54) is 24.2 Å². The average Bonchev–Trinajstić information content (AvgIpc) is 2.68. The maximum Gasteiger partial charge on any atom is 0.230 e. The Bertz CT molecular complexity index is 756. The van der Waals surface area contributed by atoms with Crippen LogP contribution in [0.1, 0.15) is 43.4 Å². The van der Waals surface area contributed by atoms with Gasteiger partial charge in [0, 0.05) is 10.6 Å². The second kappa shape index (κ2) is 9.05. The minimum absolute atomic E-state index is 0.230. The van der Waals surface area contributed by atoms with Gasteiger partial charge < -0.3 is 4.74 Å². The van der Waals surface area contributed by atoms with Gasteiger partial charge in [0.05, 0.1) is 11.6 Å². The number of aryl methyl sites for hydroxylation is 1. The first-order valence-electron chi connectivity index (χ1n) is 8.97. The summed E-state index contributed by atoms with van der Waals surface area (Å²) in [5, 5.41) is 9.67. The lowest BCUT2D eigenvalue weighted by atomic mass is 9.96. The molecule has 2 N–H and O–H groups in total. The molecule has 138 valence electrons. The van der Waals surface area contributed by atoms with Crippen molar-refractivity contribution in [3.05, 3.63) is 47.7 Å². The normalized spacial score (nSPS) is 15.7. The monoisotopic (exact) mass is 371 g/mol. The lowest BCUT2D eigenvalue weighted by Gasteiger charge is -2.19. The summed E-state index contributed by atoms with van der Waals surface area (Å²) in [5.41, 5.74) is 3.77. The SMILES string of the molecule is CSc1ccc(Oc2nc(C)ccc2C(=NC2CCCCC2)NO)cc1. The van der Waals surface area contributed by atoms with Gasteiger partial charge >= 0.3 is 0 Å². The fourth-order valence-corrected chi connectivity index (χ4v) is 3.51. The van der Waals surface area contributed by atoms with Crippen molar-refractivity contribution in [1.82, 2.24) is 10.5 Å². The summed E-state index contributed by atoms with van der Waals surface area (Å²) >= 11 is 1.68. The van der Waals surface area contributed by atoms with E-state index in [-0.39, 0.29) is 6.04 Å². The number of ether oxygens (including phenoxy) is 1. The van der Waals surface area contributed by atoms with Crippen LogP contribution in [0.15, 0.2) is 46.3 Å². The predicted octanol–water partition coefficient (Wildman–Crippen LogP) is 4.96. The summed E-state index contributed by atoms with van der Waals surface area (Å²) in [4.78, 5) is 10.4. The molecule has 1 aromatic heterocycles. The first kappa shape index (κ1) is 18.7. The molecule has 26 heavy (non-hydrogen) atoms. The van der Waals surface area contributed by atoms with Crippen molar-refractivity contribution in [2.24, 2.45) is 4.99 Å². The van der Waals surface area contributed by atoms with Crippen molar-refractivity contribution in [2.75, 3.05) is 6.26 Å². The van der Waals surface area contributed by atoms with Crippen molar-refractivity contribution in [1.29, 1.82) is 0 Å². The molecule has 0 amide bonds. The number of nitrogens with one attached hydrogen (secondary N) is 1. The Morgan fingerprint density at radius 3 is 2.54 bits per heavy atom. The summed E-state index contributed by atoms with van der Waals surface area (Å²) in [6, 6.07) is 11.9. The molecule has 5 nitrogen and oxygen atoms in total. The highest BCUT2D eigenvalue weighted by Gasteiger charge is 2.17. The Labute approximate surface area is 158 Å². The number of hydrogen-bond donors (Lipinski definition) is 2. The Hall–Kier alpha value is -2.05. The molecule has 0 bridgehead atoms. The van der Waals surface area contributed by atoms with Crippen molar-refractivity contribution in [3.63, 3.8) is 0 Å². The second-order valence-corrected chi connectivity index (χ2v) is 7.34. The molecule has 0 spiro atoms. The van der Waals surface area contributed by atoms with Crippen LogP contribution in [-0.2, 0) is 0 Å². The van der Waals surface area contributed by atoms with E-state index >= 15 is 0 Å². The first-order valence-corrected chi connectivity index (χ1v) is 10.2. The molecule has 0 unspecified atom stereocenters. The standard InChI is InChI=1S/C20H25N3O2S/c1-14-8-13-18(19(23-24)22-15-6-4-3-5-7-15)20(21-14)25-16-9-11-17(26-2)12-10-16/h8-13,15,24H,3-7H2,1-2H3,(H,22,23). The van der Waals surface area contributed by atoms with Gasteiger partial charge in [0.2, 0.25) is 5.88 Å². The molecule has 0 atom stereocenters. The highest BCUT2D eigenvalue weighted by atomic mass is 32.2. The van der Waals surface area contributed by atoms with E-state index in [1.807, 2.05) is 49.6 Å². The third-order valence-electron chi connectivity index (χ3n) is 4.52. The van der Waals surface area contributed by atoms with Crippen LogP contribution in [0.4, 0.5) is 0 Å². The highest BCUT2D eigenvalue weighted by molar-refractivity contribution is 7.98. The minimum Gasteiger partial charge on any atom is -0.438 e. The van der Waals surface area contributed by atoms with Gasteiger partial charge in [-0.25, -0.2) is 4.98 Å². The molecule has 1 fully saturated rings. The number of nitrogens with zero attached hydrogens (tertiary/aromatic N) is 2. The Morgan fingerprint density at radius 2 is 1.88 bits per heavy atom. The molecule has 6 heteroatoms.